The van der Waals surface area contributed by atoms with Gasteiger partial charge in [-0.2, -0.15) is 0 Å². The van der Waals surface area contributed by atoms with E-state index in [2.05, 4.69) is 5.32 Å². The molecule has 2 aromatic rings. The first-order chi connectivity index (χ1) is 12.1. The van der Waals surface area contributed by atoms with E-state index < -0.39 is 5.92 Å². The van der Waals surface area contributed by atoms with Crippen molar-refractivity contribution in [2.45, 2.75) is 25.3 Å². The number of hydrogen-bond donors (Lipinski definition) is 2. The summed E-state index contributed by atoms with van der Waals surface area (Å²) >= 11 is 0. The Labute approximate surface area is 147 Å². The Morgan fingerprint density at radius 2 is 1.92 bits per heavy atom. The van der Waals surface area contributed by atoms with E-state index >= 15 is 0 Å². The number of fused-ring (bicyclic) bond motifs is 1. The molecule has 1 atom stereocenters. The Kier molecular flexibility index (Phi) is 5.03. The van der Waals surface area contributed by atoms with Gasteiger partial charge in [0.1, 0.15) is 5.75 Å². The number of carbonyl (C=O) groups is 2. The third-order valence-electron chi connectivity index (χ3n) is 4.66. The minimum Gasteiger partial charge on any atom is -0.508 e. The zero-order valence-electron chi connectivity index (χ0n) is 14.2. The Morgan fingerprint density at radius 3 is 2.64 bits per heavy atom. The van der Waals surface area contributed by atoms with Crippen LogP contribution in [-0.4, -0.2) is 35.4 Å². The molecule has 5 nitrogen and oxygen atoms in total. The first kappa shape index (κ1) is 17.0. The monoisotopic (exact) mass is 338 g/mol. The molecule has 3 rings (SSSR count). The zero-order valence-corrected chi connectivity index (χ0v) is 14.2. The molecule has 0 aromatic heterocycles. The molecule has 1 aliphatic rings. The van der Waals surface area contributed by atoms with Crippen LogP contribution in [0.2, 0.25) is 0 Å². The largest absolute Gasteiger partial charge is 0.508 e. The molecule has 0 fully saturated rings. The normalized spacial score (nSPS) is 15.5. The molecule has 0 radical (unpaired) electrons. The average molecular weight is 338 g/mol. The lowest BCUT2D eigenvalue weighted by molar-refractivity contribution is -0.137. The summed E-state index contributed by atoms with van der Waals surface area (Å²) in [4.78, 5) is 26.6. The average Bonchev–Trinajstić information content (AvgIpc) is 3.07. The van der Waals surface area contributed by atoms with Crippen LogP contribution in [0.5, 0.6) is 5.75 Å². The van der Waals surface area contributed by atoms with Gasteiger partial charge in [0.2, 0.25) is 11.8 Å². The van der Waals surface area contributed by atoms with Crippen molar-refractivity contribution in [2.24, 2.45) is 0 Å². The van der Waals surface area contributed by atoms with Crippen molar-refractivity contribution in [3.8, 4) is 5.75 Å². The quantitative estimate of drug-likeness (QED) is 0.878. The van der Waals surface area contributed by atoms with Crippen LogP contribution in [0.1, 0.15) is 29.0 Å². The molecule has 5 heteroatoms. The van der Waals surface area contributed by atoms with Gasteiger partial charge < -0.3 is 15.3 Å². The van der Waals surface area contributed by atoms with E-state index in [1.807, 2.05) is 36.4 Å². The first-order valence-corrected chi connectivity index (χ1v) is 8.44. The summed E-state index contributed by atoms with van der Waals surface area (Å²) < 4.78 is 0. The SMILES string of the molecule is CNC(=O)CN(Cc1ccccc1)C(=O)C1CCc2cccc(O)c21. The molecule has 2 amide bonds. The molecule has 0 aliphatic heterocycles. The van der Waals surface area contributed by atoms with Gasteiger partial charge in [0.25, 0.3) is 0 Å². The van der Waals surface area contributed by atoms with Crippen molar-refractivity contribution < 1.29 is 14.7 Å². The van der Waals surface area contributed by atoms with E-state index in [-0.39, 0.29) is 24.1 Å². The zero-order chi connectivity index (χ0) is 17.8. The second kappa shape index (κ2) is 7.38. The van der Waals surface area contributed by atoms with Crippen LogP contribution < -0.4 is 5.32 Å². The van der Waals surface area contributed by atoms with Gasteiger partial charge in [-0.25, -0.2) is 0 Å². The van der Waals surface area contributed by atoms with Crippen LogP contribution in [0.3, 0.4) is 0 Å². The molecular weight excluding hydrogens is 316 g/mol. The highest BCUT2D eigenvalue weighted by molar-refractivity contribution is 5.89. The van der Waals surface area contributed by atoms with Crippen molar-refractivity contribution in [3.05, 3.63) is 65.2 Å². The summed E-state index contributed by atoms with van der Waals surface area (Å²) in [7, 11) is 1.56. The van der Waals surface area contributed by atoms with E-state index in [0.29, 0.717) is 18.5 Å². The third kappa shape index (κ3) is 3.65. The van der Waals surface area contributed by atoms with Crippen molar-refractivity contribution in [2.75, 3.05) is 13.6 Å². The highest BCUT2D eigenvalue weighted by Crippen LogP contribution is 2.40. The lowest BCUT2D eigenvalue weighted by Crippen LogP contribution is -2.41. The van der Waals surface area contributed by atoms with Gasteiger partial charge in [0, 0.05) is 19.2 Å². The number of carbonyl (C=O) groups excluding carboxylic acids is 2. The Hall–Kier alpha value is -2.82. The van der Waals surface area contributed by atoms with Gasteiger partial charge in [-0.15, -0.1) is 0 Å². The minimum absolute atomic E-state index is 0.00363. The van der Waals surface area contributed by atoms with Crippen molar-refractivity contribution >= 4 is 11.8 Å². The number of benzene rings is 2. The molecule has 2 N–H and O–H groups in total. The number of amides is 2. The number of nitrogens with one attached hydrogen (secondary N) is 1. The van der Waals surface area contributed by atoms with Crippen LogP contribution in [0.15, 0.2) is 48.5 Å². The van der Waals surface area contributed by atoms with Gasteiger partial charge in [0.05, 0.1) is 12.5 Å². The van der Waals surface area contributed by atoms with Gasteiger partial charge in [0.15, 0.2) is 0 Å². The molecule has 0 spiro atoms. The molecule has 25 heavy (non-hydrogen) atoms. The summed E-state index contributed by atoms with van der Waals surface area (Å²) in [5, 5.41) is 12.8. The number of aromatic hydroxyl groups is 1. The molecule has 0 heterocycles. The first-order valence-electron chi connectivity index (χ1n) is 8.44. The second-order valence-corrected chi connectivity index (χ2v) is 6.29. The van der Waals surface area contributed by atoms with Crippen molar-refractivity contribution in [1.82, 2.24) is 10.2 Å². The number of hydrogen-bond acceptors (Lipinski definition) is 3. The Balaban J connectivity index is 1.86. The maximum Gasteiger partial charge on any atom is 0.239 e. The maximum atomic E-state index is 13.2. The summed E-state index contributed by atoms with van der Waals surface area (Å²) in [6.07, 6.45) is 1.42. The van der Waals surface area contributed by atoms with E-state index in [1.165, 1.54) is 0 Å². The van der Waals surface area contributed by atoms with Gasteiger partial charge in [-0.3, -0.25) is 9.59 Å². The van der Waals surface area contributed by atoms with E-state index in [4.69, 9.17) is 0 Å². The van der Waals surface area contributed by atoms with Crippen LogP contribution >= 0.6 is 0 Å². The summed E-state index contributed by atoms with van der Waals surface area (Å²) in [6.45, 7) is 0.371. The summed E-state index contributed by atoms with van der Waals surface area (Å²) in [6, 6.07) is 15.0. The molecule has 1 aliphatic carbocycles. The molecule has 0 saturated heterocycles. The minimum atomic E-state index is -0.399. The van der Waals surface area contributed by atoms with E-state index in [0.717, 1.165) is 17.5 Å². The highest BCUT2D eigenvalue weighted by Gasteiger charge is 2.34. The lowest BCUT2D eigenvalue weighted by atomic mass is 9.98. The predicted octanol–water partition coefficient (Wildman–Crippen LogP) is 2.20. The fourth-order valence-corrected chi connectivity index (χ4v) is 3.40. The molecule has 1 unspecified atom stereocenters. The van der Waals surface area contributed by atoms with Crippen molar-refractivity contribution in [3.63, 3.8) is 0 Å². The summed E-state index contributed by atoms with van der Waals surface area (Å²) in [5.41, 5.74) is 2.69. The van der Waals surface area contributed by atoms with E-state index in [1.54, 1.807) is 24.1 Å². The van der Waals surface area contributed by atoms with Crippen LogP contribution in [0, 0.1) is 0 Å². The smallest absolute Gasteiger partial charge is 0.239 e. The third-order valence-corrected chi connectivity index (χ3v) is 4.66. The lowest BCUT2D eigenvalue weighted by Gasteiger charge is -2.26. The standard InChI is InChI=1S/C20H22N2O3/c1-21-18(24)13-22(12-14-6-3-2-4-7-14)20(25)16-11-10-15-8-5-9-17(23)19(15)16/h2-9,16,23H,10-13H2,1H3,(H,21,24). The Bertz CT molecular complexity index is 774. The van der Waals surface area contributed by atoms with Crippen LogP contribution in [0.4, 0.5) is 0 Å². The number of phenolic OH excluding ortho intramolecular Hbond substituents is 1. The Morgan fingerprint density at radius 1 is 1.16 bits per heavy atom. The maximum absolute atomic E-state index is 13.2. The predicted molar refractivity (Wildman–Crippen MR) is 95.1 cm³/mol. The molecule has 2 aromatic carbocycles. The van der Waals surface area contributed by atoms with Gasteiger partial charge in [-0.05, 0) is 30.0 Å². The van der Waals surface area contributed by atoms with Crippen LogP contribution in [0.25, 0.3) is 0 Å². The van der Waals surface area contributed by atoms with Gasteiger partial charge >= 0.3 is 0 Å². The van der Waals surface area contributed by atoms with Crippen molar-refractivity contribution in [1.29, 1.82) is 0 Å². The number of nitrogens with zero attached hydrogens (tertiary/aromatic N) is 1. The van der Waals surface area contributed by atoms with Crippen LogP contribution in [-0.2, 0) is 22.6 Å². The fraction of sp³-hybridized carbons (Fsp3) is 0.300. The topological polar surface area (TPSA) is 69.6 Å². The number of rotatable bonds is 5. The summed E-state index contributed by atoms with van der Waals surface area (Å²) in [5.74, 6) is -0.565. The molecule has 0 bridgehead atoms. The number of likely N-dealkylation sites (N-methyl/N-ethyl adjacent to an activating group) is 1. The highest BCUT2D eigenvalue weighted by atomic mass is 16.3. The van der Waals surface area contributed by atoms with E-state index in [9.17, 15) is 14.7 Å². The molecular formula is C20H22N2O3. The molecule has 0 saturated carbocycles. The second-order valence-electron chi connectivity index (χ2n) is 6.29. The van der Waals surface area contributed by atoms with Gasteiger partial charge in [-0.1, -0.05) is 42.5 Å². The number of phenols is 1. The molecule has 130 valence electrons. The number of aryl methyl sites for hydroxylation is 1. The fourth-order valence-electron chi connectivity index (χ4n) is 3.40.